The number of sulfonamides is 1. The molecule has 86 valence electrons. The van der Waals surface area contributed by atoms with E-state index in [1.165, 1.54) is 12.3 Å². The number of aromatic nitrogens is 3. The molecule has 0 bridgehead atoms. The Morgan fingerprint density at radius 2 is 2.19 bits per heavy atom. The zero-order valence-electron chi connectivity index (χ0n) is 8.68. The first-order valence-electron chi connectivity index (χ1n) is 4.45. The van der Waals surface area contributed by atoms with Gasteiger partial charge in [-0.05, 0) is 13.8 Å². The van der Waals surface area contributed by atoms with Gasteiger partial charge in [-0.1, -0.05) is 5.16 Å². The second-order valence-electron chi connectivity index (χ2n) is 3.26. The highest BCUT2D eigenvalue weighted by atomic mass is 32.2. The lowest BCUT2D eigenvalue weighted by Gasteiger charge is -2.00. The van der Waals surface area contributed by atoms with E-state index in [0.717, 1.165) is 0 Å². The summed E-state index contributed by atoms with van der Waals surface area (Å²) in [6, 6.07) is 1.49. The molecule has 0 spiro atoms. The first kappa shape index (κ1) is 10.7. The summed E-state index contributed by atoms with van der Waals surface area (Å²) >= 11 is 0. The van der Waals surface area contributed by atoms with E-state index in [-0.39, 0.29) is 10.8 Å². The van der Waals surface area contributed by atoms with Crippen molar-refractivity contribution >= 4 is 15.8 Å². The van der Waals surface area contributed by atoms with Crippen molar-refractivity contribution in [2.75, 3.05) is 4.72 Å². The third kappa shape index (κ3) is 2.06. The van der Waals surface area contributed by atoms with Crippen molar-refractivity contribution in [1.82, 2.24) is 15.1 Å². The second kappa shape index (κ2) is 3.63. The molecule has 0 aliphatic rings. The van der Waals surface area contributed by atoms with Gasteiger partial charge in [-0.25, -0.2) is 4.98 Å². The van der Waals surface area contributed by atoms with Gasteiger partial charge in [0.2, 0.25) is 0 Å². The predicted octanol–water partition coefficient (Wildman–Crippen LogP) is 0.815. The molecule has 0 aromatic carbocycles. The van der Waals surface area contributed by atoms with Gasteiger partial charge in [-0.3, -0.25) is 4.72 Å². The second-order valence-corrected chi connectivity index (χ2v) is 4.91. The molecule has 7 nitrogen and oxygen atoms in total. The molecule has 16 heavy (non-hydrogen) atoms. The van der Waals surface area contributed by atoms with E-state index in [4.69, 9.17) is 4.52 Å². The summed E-state index contributed by atoms with van der Waals surface area (Å²) in [4.78, 5) is 6.43. The number of rotatable bonds is 3. The minimum atomic E-state index is -3.67. The number of aryl methyl sites for hydroxylation is 2. The normalized spacial score (nSPS) is 11.6. The zero-order valence-corrected chi connectivity index (χ0v) is 9.50. The Morgan fingerprint density at radius 3 is 2.69 bits per heavy atom. The highest BCUT2D eigenvalue weighted by Crippen LogP contribution is 2.13. The summed E-state index contributed by atoms with van der Waals surface area (Å²) in [6.07, 6.45) is 1.24. The molecule has 2 aromatic rings. The minimum Gasteiger partial charge on any atom is -0.360 e. The fourth-order valence-corrected chi connectivity index (χ4v) is 2.10. The maximum Gasteiger partial charge on any atom is 0.280 e. The van der Waals surface area contributed by atoms with Gasteiger partial charge >= 0.3 is 0 Å². The third-order valence-corrected chi connectivity index (χ3v) is 3.10. The number of hydrogen-bond donors (Lipinski definition) is 2. The monoisotopic (exact) mass is 242 g/mol. The van der Waals surface area contributed by atoms with Crippen LogP contribution in [-0.2, 0) is 10.0 Å². The molecule has 0 saturated heterocycles. The van der Waals surface area contributed by atoms with Crippen LogP contribution in [0, 0.1) is 13.8 Å². The van der Waals surface area contributed by atoms with E-state index in [1.54, 1.807) is 13.8 Å². The average Bonchev–Trinajstić information content (AvgIpc) is 2.75. The van der Waals surface area contributed by atoms with Crippen molar-refractivity contribution in [3.8, 4) is 0 Å². The maximum atomic E-state index is 11.8. The largest absolute Gasteiger partial charge is 0.360 e. The van der Waals surface area contributed by atoms with Crippen molar-refractivity contribution in [2.45, 2.75) is 18.9 Å². The number of hydrogen-bond acceptors (Lipinski definition) is 5. The summed E-state index contributed by atoms with van der Waals surface area (Å²) in [5.41, 5.74) is 0. The van der Waals surface area contributed by atoms with Crippen LogP contribution in [0.5, 0.6) is 0 Å². The quantitative estimate of drug-likeness (QED) is 0.829. The molecule has 0 aliphatic heterocycles. The van der Waals surface area contributed by atoms with E-state index in [0.29, 0.717) is 11.6 Å². The van der Waals surface area contributed by atoms with Crippen LogP contribution in [0.4, 0.5) is 5.82 Å². The van der Waals surface area contributed by atoms with Crippen LogP contribution in [0.3, 0.4) is 0 Å². The van der Waals surface area contributed by atoms with Gasteiger partial charge in [-0.2, -0.15) is 8.42 Å². The maximum absolute atomic E-state index is 11.8. The lowest BCUT2D eigenvalue weighted by molar-refractivity contribution is 0.400. The number of anilines is 1. The van der Waals surface area contributed by atoms with Gasteiger partial charge in [0.1, 0.15) is 11.6 Å². The molecule has 2 aromatic heterocycles. The van der Waals surface area contributed by atoms with Crippen molar-refractivity contribution < 1.29 is 12.9 Å². The van der Waals surface area contributed by atoms with Crippen LogP contribution in [0.1, 0.15) is 11.6 Å². The van der Waals surface area contributed by atoms with E-state index in [1.807, 2.05) is 0 Å². The lowest BCUT2D eigenvalue weighted by atomic mass is 10.5. The van der Waals surface area contributed by atoms with Gasteiger partial charge in [0.25, 0.3) is 10.0 Å². The Hall–Kier alpha value is -1.83. The van der Waals surface area contributed by atoms with Crippen LogP contribution in [0.2, 0.25) is 0 Å². The van der Waals surface area contributed by atoms with Gasteiger partial charge in [-0.15, -0.1) is 0 Å². The highest BCUT2D eigenvalue weighted by molar-refractivity contribution is 7.92. The molecule has 2 heterocycles. The van der Waals surface area contributed by atoms with Crippen LogP contribution in [0.25, 0.3) is 0 Å². The van der Waals surface area contributed by atoms with Gasteiger partial charge < -0.3 is 9.51 Å². The summed E-state index contributed by atoms with van der Waals surface area (Å²) in [5, 5.41) is 3.53. The third-order valence-electron chi connectivity index (χ3n) is 1.84. The van der Waals surface area contributed by atoms with Gasteiger partial charge in [0.15, 0.2) is 10.8 Å². The molecular formula is C8H10N4O3S. The fraction of sp³-hybridized carbons (Fsp3) is 0.250. The molecule has 0 amide bonds. The standard InChI is InChI=1S/C8H10N4O3S/c1-5-3-7(11-15-5)12-16(13,14)8-4-9-6(2)10-8/h3-4H,1-2H3,(H,9,10)(H,11,12). The molecule has 2 N–H and O–H groups in total. The number of aromatic amines is 1. The molecule has 0 fully saturated rings. The Morgan fingerprint density at radius 1 is 1.44 bits per heavy atom. The minimum absolute atomic E-state index is 0.00865. The first-order chi connectivity index (χ1) is 7.47. The highest BCUT2D eigenvalue weighted by Gasteiger charge is 2.18. The summed E-state index contributed by atoms with van der Waals surface area (Å²) in [6.45, 7) is 3.34. The molecule has 2 rings (SSSR count). The summed E-state index contributed by atoms with van der Waals surface area (Å²) in [5.74, 6) is 1.19. The van der Waals surface area contributed by atoms with Crippen molar-refractivity contribution in [3.05, 3.63) is 23.8 Å². The number of nitrogens with one attached hydrogen (secondary N) is 2. The van der Waals surface area contributed by atoms with Gasteiger partial charge in [0.05, 0.1) is 6.20 Å². The zero-order chi connectivity index (χ0) is 11.8. The molecule has 8 heteroatoms. The molecule has 0 unspecified atom stereocenters. The van der Waals surface area contributed by atoms with E-state index >= 15 is 0 Å². The number of nitrogens with zero attached hydrogens (tertiary/aromatic N) is 2. The molecule has 0 radical (unpaired) electrons. The van der Waals surface area contributed by atoms with Crippen LogP contribution < -0.4 is 4.72 Å². The number of imidazole rings is 1. The molecular weight excluding hydrogens is 232 g/mol. The van der Waals surface area contributed by atoms with E-state index in [9.17, 15) is 8.42 Å². The van der Waals surface area contributed by atoms with Crippen LogP contribution in [0.15, 0.2) is 21.8 Å². The van der Waals surface area contributed by atoms with Crippen LogP contribution >= 0.6 is 0 Å². The Bertz CT molecular complexity index is 598. The SMILES string of the molecule is Cc1ncc(S(=O)(=O)Nc2cc(C)on2)[nH]1. The van der Waals surface area contributed by atoms with Gasteiger partial charge in [0, 0.05) is 6.07 Å². The Kier molecular flexibility index (Phi) is 2.43. The predicted molar refractivity (Wildman–Crippen MR) is 55.4 cm³/mol. The van der Waals surface area contributed by atoms with Crippen LogP contribution in [-0.4, -0.2) is 23.5 Å². The summed E-state index contributed by atoms with van der Waals surface area (Å²) < 4.78 is 30.5. The van der Waals surface area contributed by atoms with Crippen molar-refractivity contribution in [3.63, 3.8) is 0 Å². The van der Waals surface area contributed by atoms with Crippen molar-refractivity contribution in [2.24, 2.45) is 0 Å². The molecule has 0 atom stereocenters. The lowest BCUT2D eigenvalue weighted by Crippen LogP contribution is -2.13. The first-order valence-corrected chi connectivity index (χ1v) is 5.93. The Balaban J connectivity index is 2.27. The van der Waals surface area contributed by atoms with E-state index in [2.05, 4.69) is 19.8 Å². The van der Waals surface area contributed by atoms with Crippen molar-refractivity contribution in [1.29, 1.82) is 0 Å². The average molecular weight is 242 g/mol. The topological polar surface area (TPSA) is 101 Å². The fourth-order valence-electron chi connectivity index (χ4n) is 1.14. The summed E-state index contributed by atoms with van der Waals surface area (Å²) in [7, 11) is -3.67. The van der Waals surface area contributed by atoms with E-state index < -0.39 is 10.0 Å². The molecule has 0 saturated carbocycles. The Labute approximate surface area is 91.9 Å². The smallest absolute Gasteiger partial charge is 0.280 e. The number of H-pyrrole nitrogens is 1. The molecule has 0 aliphatic carbocycles.